The van der Waals surface area contributed by atoms with Gasteiger partial charge in [-0.2, -0.15) is 5.10 Å². The third-order valence-corrected chi connectivity index (χ3v) is 4.38. The minimum atomic E-state index is -0.228. The standard InChI is InChI=1S/C15H25N9O2/c1-11(2)14(15-16-10-17-22(15)3)18-13(25)9-24-12(19-20-21-24)8-23-4-6-26-7-5-23/h10-11,14H,4-9H2,1-3H3,(H,18,25). The van der Waals surface area contributed by atoms with Crippen molar-refractivity contribution in [1.29, 1.82) is 0 Å². The number of tetrazole rings is 1. The average Bonchev–Trinajstić information content (AvgIpc) is 3.22. The van der Waals surface area contributed by atoms with Crippen molar-refractivity contribution in [2.75, 3.05) is 26.3 Å². The van der Waals surface area contributed by atoms with Gasteiger partial charge in [-0.15, -0.1) is 5.10 Å². The number of nitrogens with zero attached hydrogens (tertiary/aromatic N) is 8. The fraction of sp³-hybridized carbons (Fsp3) is 0.733. The Bertz CT molecular complexity index is 720. The van der Waals surface area contributed by atoms with Crippen molar-refractivity contribution in [3.8, 4) is 0 Å². The summed E-state index contributed by atoms with van der Waals surface area (Å²) >= 11 is 0. The van der Waals surface area contributed by atoms with Crippen LogP contribution in [0, 0.1) is 5.92 Å². The lowest BCUT2D eigenvalue weighted by Gasteiger charge is -2.25. The van der Waals surface area contributed by atoms with Crippen LogP contribution in [0.4, 0.5) is 0 Å². The van der Waals surface area contributed by atoms with Crippen molar-refractivity contribution in [2.24, 2.45) is 13.0 Å². The maximum absolute atomic E-state index is 12.6. The molecule has 1 fully saturated rings. The number of carbonyl (C=O) groups excluding carboxylic acids is 1. The normalized spacial score (nSPS) is 16.8. The van der Waals surface area contributed by atoms with Crippen LogP contribution in [0.25, 0.3) is 0 Å². The van der Waals surface area contributed by atoms with Crippen LogP contribution >= 0.6 is 0 Å². The molecule has 3 rings (SSSR count). The van der Waals surface area contributed by atoms with Crippen LogP contribution in [-0.4, -0.2) is 72.1 Å². The molecule has 1 atom stereocenters. The Balaban J connectivity index is 1.62. The highest BCUT2D eigenvalue weighted by atomic mass is 16.5. The van der Waals surface area contributed by atoms with Crippen LogP contribution in [0.15, 0.2) is 6.33 Å². The molecule has 2 aromatic heterocycles. The van der Waals surface area contributed by atoms with Crippen LogP contribution in [0.1, 0.15) is 31.5 Å². The molecule has 1 N–H and O–H groups in total. The van der Waals surface area contributed by atoms with E-state index in [1.807, 2.05) is 20.9 Å². The van der Waals surface area contributed by atoms with E-state index in [1.54, 1.807) is 9.36 Å². The molecule has 142 valence electrons. The highest BCUT2D eigenvalue weighted by molar-refractivity contribution is 5.76. The van der Waals surface area contributed by atoms with E-state index < -0.39 is 0 Å². The van der Waals surface area contributed by atoms with Crippen molar-refractivity contribution in [3.05, 3.63) is 18.0 Å². The van der Waals surface area contributed by atoms with Gasteiger partial charge in [0.1, 0.15) is 18.7 Å². The number of carbonyl (C=O) groups is 1. The fourth-order valence-electron chi connectivity index (χ4n) is 2.89. The molecule has 26 heavy (non-hydrogen) atoms. The molecule has 3 heterocycles. The van der Waals surface area contributed by atoms with Crippen molar-refractivity contribution in [2.45, 2.75) is 33.0 Å². The van der Waals surface area contributed by atoms with Gasteiger partial charge in [-0.1, -0.05) is 13.8 Å². The van der Waals surface area contributed by atoms with Gasteiger partial charge in [0.15, 0.2) is 5.82 Å². The zero-order chi connectivity index (χ0) is 18.5. The Morgan fingerprint density at radius 1 is 1.35 bits per heavy atom. The number of nitrogens with one attached hydrogen (secondary N) is 1. The summed E-state index contributed by atoms with van der Waals surface area (Å²) in [5, 5.41) is 18.8. The highest BCUT2D eigenvalue weighted by Gasteiger charge is 2.24. The van der Waals surface area contributed by atoms with Crippen LogP contribution in [0.5, 0.6) is 0 Å². The molecule has 0 aliphatic carbocycles. The number of hydrogen-bond acceptors (Lipinski definition) is 8. The van der Waals surface area contributed by atoms with Crippen LogP contribution < -0.4 is 5.32 Å². The first-order valence-corrected chi connectivity index (χ1v) is 8.73. The smallest absolute Gasteiger partial charge is 0.242 e. The topological polar surface area (TPSA) is 116 Å². The molecular weight excluding hydrogens is 338 g/mol. The summed E-state index contributed by atoms with van der Waals surface area (Å²) in [4.78, 5) is 19.0. The second kappa shape index (κ2) is 8.32. The number of aryl methyl sites for hydroxylation is 1. The van der Waals surface area contributed by atoms with E-state index in [4.69, 9.17) is 4.74 Å². The number of hydrogen-bond donors (Lipinski definition) is 1. The summed E-state index contributed by atoms with van der Waals surface area (Å²) in [5.41, 5.74) is 0. The average molecular weight is 363 g/mol. The predicted molar refractivity (Wildman–Crippen MR) is 90.6 cm³/mol. The number of morpholine rings is 1. The van der Waals surface area contributed by atoms with Crippen molar-refractivity contribution >= 4 is 5.91 Å². The molecule has 0 bridgehead atoms. The zero-order valence-corrected chi connectivity index (χ0v) is 15.4. The summed E-state index contributed by atoms with van der Waals surface area (Å²) < 4.78 is 8.56. The van der Waals surface area contributed by atoms with E-state index >= 15 is 0 Å². The van der Waals surface area contributed by atoms with Gasteiger partial charge in [0.25, 0.3) is 0 Å². The molecule has 0 radical (unpaired) electrons. The molecule has 1 amide bonds. The summed E-state index contributed by atoms with van der Waals surface area (Å²) in [7, 11) is 1.81. The first kappa shape index (κ1) is 18.4. The second-order valence-corrected chi connectivity index (χ2v) is 6.67. The molecule has 1 aliphatic heterocycles. The SMILES string of the molecule is CC(C)C(NC(=O)Cn1nnnc1CN1CCOCC1)c1ncnn1C. The Morgan fingerprint density at radius 3 is 2.77 bits per heavy atom. The lowest BCUT2D eigenvalue weighted by atomic mass is 10.0. The zero-order valence-electron chi connectivity index (χ0n) is 15.4. The van der Waals surface area contributed by atoms with E-state index in [1.165, 1.54) is 6.33 Å². The van der Waals surface area contributed by atoms with Crippen molar-refractivity contribution < 1.29 is 9.53 Å². The molecule has 1 saturated heterocycles. The number of rotatable bonds is 7. The second-order valence-electron chi connectivity index (χ2n) is 6.67. The van der Waals surface area contributed by atoms with Gasteiger partial charge in [0.2, 0.25) is 5.91 Å². The molecule has 2 aromatic rings. The molecule has 0 spiro atoms. The lowest BCUT2D eigenvalue weighted by molar-refractivity contribution is -0.123. The summed E-state index contributed by atoms with van der Waals surface area (Å²) in [5.74, 6) is 1.39. The summed E-state index contributed by atoms with van der Waals surface area (Å²) in [6.45, 7) is 7.79. The minimum Gasteiger partial charge on any atom is -0.379 e. The Hall–Kier alpha value is -2.40. The largest absolute Gasteiger partial charge is 0.379 e. The van der Waals surface area contributed by atoms with E-state index in [-0.39, 0.29) is 24.4 Å². The Labute approximate surface area is 151 Å². The molecule has 0 saturated carbocycles. The summed E-state index contributed by atoms with van der Waals surface area (Å²) in [6, 6.07) is -0.228. The van der Waals surface area contributed by atoms with Crippen LogP contribution in [0.3, 0.4) is 0 Å². The van der Waals surface area contributed by atoms with Crippen molar-refractivity contribution in [1.82, 2.24) is 45.2 Å². The maximum atomic E-state index is 12.6. The van der Waals surface area contributed by atoms with Crippen LogP contribution in [0.2, 0.25) is 0 Å². The minimum absolute atomic E-state index is 0.0632. The van der Waals surface area contributed by atoms with Gasteiger partial charge < -0.3 is 10.1 Å². The third kappa shape index (κ3) is 4.41. The van der Waals surface area contributed by atoms with Gasteiger partial charge in [0.05, 0.1) is 25.8 Å². The maximum Gasteiger partial charge on any atom is 0.242 e. The predicted octanol–water partition coefficient (Wildman–Crippen LogP) is -0.853. The third-order valence-electron chi connectivity index (χ3n) is 4.38. The Morgan fingerprint density at radius 2 is 2.12 bits per heavy atom. The number of aromatic nitrogens is 7. The Kier molecular flexibility index (Phi) is 5.89. The molecule has 11 nitrogen and oxygen atoms in total. The molecule has 1 aliphatic rings. The van der Waals surface area contributed by atoms with Gasteiger partial charge in [-0.05, 0) is 16.3 Å². The van der Waals surface area contributed by atoms with Gasteiger partial charge in [-0.25, -0.2) is 9.67 Å². The van der Waals surface area contributed by atoms with Gasteiger partial charge in [-0.3, -0.25) is 14.4 Å². The summed E-state index contributed by atoms with van der Waals surface area (Å²) in [6.07, 6.45) is 1.48. The van der Waals surface area contributed by atoms with Crippen LogP contribution in [-0.2, 0) is 29.7 Å². The van der Waals surface area contributed by atoms with E-state index in [0.29, 0.717) is 25.6 Å². The quantitative estimate of drug-likeness (QED) is 0.676. The lowest BCUT2D eigenvalue weighted by Crippen LogP contribution is -2.38. The highest BCUT2D eigenvalue weighted by Crippen LogP contribution is 2.18. The molecule has 1 unspecified atom stereocenters. The fourth-order valence-corrected chi connectivity index (χ4v) is 2.89. The van der Waals surface area contributed by atoms with Gasteiger partial charge in [0, 0.05) is 20.1 Å². The first-order chi connectivity index (χ1) is 12.5. The molecule has 0 aromatic carbocycles. The van der Waals surface area contributed by atoms with Gasteiger partial charge >= 0.3 is 0 Å². The van der Waals surface area contributed by atoms with E-state index in [9.17, 15) is 4.79 Å². The van der Waals surface area contributed by atoms with E-state index in [0.717, 1.165) is 18.9 Å². The molecule has 11 heteroatoms. The number of ether oxygens (including phenoxy) is 1. The molecular formula is C15H25N9O2. The number of amides is 1. The monoisotopic (exact) mass is 363 g/mol. The van der Waals surface area contributed by atoms with Crippen molar-refractivity contribution in [3.63, 3.8) is 0 Å². The van der Waals surface area contributed by atoms with E-state index in [2.05, 4.69) is 35.8 Å². The first-order valence-electron chi connectivity index (χ1n) is 8.73.